The molecule has 1 amide bonds. The number of carbonyl (C=O) groups is 2. The van der Waals surface area contributed by atoms with Gasteiger partial charge in [0, 0.05) is 37.1 Å². The molecule has 7 heteroatoms. The van der Waals surface area contributed by atoms with Crippen molar-refractivity contribution in [3.8, 4) is 5.75 Å². The minimum Gasteiger partial charge on any atom is -0.490 e. The molecule has 2 aromatic rings. The Morgan fingerprint density at radius 1 is 1.40 bits per heavy atom. The molecule has 0 saturated carbocycles. The number of likely N-dealkylation sites (N-methyl/N-ethyl adjacent to an activating group) is 1. The SMILES string of the molecule is CN(C)CCOc1ccncc1NC(=O)c1c[nH]c2c1C(=O)CCC2. The van der Waals surface area contributed by atoms with Crippen molar-refractivity contribution in [1.82, 2.24) is 14.9 Å². The van der Waals surface area contributed by atoms with E-state index in [2.05, 4.69) is 15.3 Å². The zero-order valence-corrected chi connectivity index (χ0v) is 14.5. The lowest BCUT2D eigenvalue weighted by molar-refractivity contribution is 0.0956. The van der Waals surface area contributed by atoms with Crippen LogP contribution in [0.15, 0.2) is 24.7 Å². The van der Waals surface area contributed by atoms with Crippen molar-refractivity contribution in [3.63, 3.8) is 0 Å². The van der Waals surface area contributed by atoms with Gasteiger partial charge >= 0.3 is 0 Å². The third kappa shape index (κ3) is 3.88. The van der Waals surface area contributed by atoms with Gasteiger partial charge in [-0.1, -0.05) is 0 Å². The fraction of sp³-hybridized carbons (Fsp3) is 0.389. The van der Waals surface area contributed by atoms with Crippen LogP contribution in [0.4, 0.5) is 5.69 Å². The molecule has 1 aliphatic rings. The topological polar surface area (TPSA) is 87.3 Å². The number of ether oxygens (including phenoxy) is 1. The summed E-state index contributed by atoms with van der Waals surface area (Å²) in [6, 6.07) is 1.71. The van der Waals surface area contributed by atoms with Gasteiger partial charge in [0.15, 0.2) is 5.78 Å². The molecule has 2 N–H and O–H groups in total. The van der Waals surface area contributed by atoms with E-state index >= 15 is 0 Å². The predicted octanol–water partition coefficient (Wildman–Crippen LogP) is 2.12. The van der Waals surface area contributed by atoms with E-state index in [1.54, 1.807) is 24.7 Å². The van der Waals surface area contributed by atoms with Crippen LogP contribution in [0.3, 0.4) is 0 Å². The van der Waals surface area contributed by atoms with Crippen LogP contribution in [-0.2, 0) is 6.42 Å². The molecule has 7 nitrogen and oxygen atoms in total. The first-order valence-electron chi connectivity index (χ1n) is 8.32. The molecule has 0 atom stereocenters. The lowest BCUT2D eigenvalue weighted by Crippen LogP contribution is -2.21. The van der Waals surface area contributed by atoms with Crippen LogP contribution < -0.4 is 10.1 Å². The number of amides is 1. The number of Topliss-reactive ketones (excluding diaryl/α,β-unsaturated/α-hetero) is 1. The Kier molecular flexibility index (Phi) is 5.14. The largest absolute Gasteiger partial charge is 0.490 e. The third-order valence-corrected chi connectivity index (χ3v) is 4.14. The second-order valence-electron chi connectivity index (χ2n) is 6.31. The molecule has 0 fully saturated rings. The second kappa shape index (κ2) is 7.48. The summed E-state index contributed by atoms with van der Waals surface area (Å²) in [6.07, 6.45) is 6.86. The number of nitrogens with zero attached hydrogens (tertiary/aromatic N) is 2. The average Bonchev–Trinajstić information content (AvgIpc) is 3.02. The van der Waals surface area contributed by atoms with Gasteiger partial charge < -0.3 is 19.9 Å². The highest BCUT2D eigenvalue weighted by atomic mass is 16.5. The molecule has 0 unspecified atom stereocenters. The van der Waals surface area contributed by atoms with Crippen molar-refractivity contribution in [2.24, 2.45) is 0 Å². The van der Waals surface area contributed by atoms with Gasteiger partial charge in [-0.25, -0.2) is 0 Å². The molecule has 0 aromatic carbocycles. The van der Waals surface area contributed by atoms with Gasteiger partial charge in [-0.2, -0.15) is 0 Å². The number of fused-ring (bicyclic) bond motifs is 1. The van der Waals surface area contributed by atoms with E-state index in [9.17, 15) is 9.59 Å². The van der Waals surface area contributed by atoms with Crippen molar-refractivity contribution >= 4 is 17.4 Å². The smallest absolute Gasteiger partial charge is 0.258 e. The highest BCUT2D eigenvalue weighted by Gasteiger charge is 2.26. The maximum absolute atomic E-state index is 12.7. The van der Waals surface area contributed by atoms with Crippen LogP contribution in [0.2, 0.25) is 0 Å². The molecule has 0 spiro atoms. The van der Waals surface area contributed by atoms with Crippen LogP contribution >= 0.6 is 0 Å². The molecule has 0 aliphatic heterocycles. The van der Waals surface area contributed by atoms with E-state index in [1.165, 1.54) is 0 Å². The van der Waals surface area contributed by atoms with Crippen molar-refractivity contribution in [3.05, 3.63) is 41.5 Å². The molecule has 2 aromatic heterocycles. The monoisotopic (exact) mass is 342 g/mol. The average molecular weight is 342 g/mol. The maximum atomic E-state index is 12.7. The number of ketones is 1. The summed E-state index contributed by atoms with van der Waals surface area (Å²) in [6.45, 7) is 1.26. The lowest BCUT2D eigenvalue weighted by atomic mass is 9.93. The van der Waals surface area contributed by atoms with Crippen LogP contribution in [0.5, 0.6) is 5.75 Å². The minimum atomic E-state index is -0.335. The van der Waals surface area contributed by atoms with E-state index < -0.39 is 0 Å². The first-order valence-corrected chi connectivity index (χ1v) is 8.32. The van der Waals surface area contributed by atoms with E-state index in [4.69, 9.17) is 4.74 Å². The van der Waals surface area contributed by atoms with E-state index in [1.807, 2.05) is 19.0 Å². The molecule has 132 valence electrons. The number of aryl methyl sites for hydroxylation is 1. The van der Waals surface area contributed by atoms with E-state index in [0.717, 1.165) is 25.1 Å². The summed E-state index contributed by atoms with van der Waals surface area (Å²) in [5.41, 5.74) is 2.23. The fourth-order valence-electron chi connectivity index (χ4n) is 2.84. The summed E-state index contributed by atoms with van der Waals surface area (Å²) < 4.78 is 5.73. The van der Waals surface area contributed by atoms with Gasteiger partial charge in [-0.15, -0.1) is 0 Å². The number of nitrogens with one attached hydrogen (secondary N) is 2. The molecular weight excluding hydrogens is 320 g/mol. The van der Waals surface area contributed by atoms with Crippen LogP contribution in [0.1, 0.15) is 39.3 Å². The van der Waals surface area contributed by atoms with Crippen LogP contribution in [-0.4, -0.2) is 53.8 Å². The summed E-state index contributed by atoms with van der Waals surface area (Å²) in [5, 5.41) is 2.81. The number of aromatic nitrogens is 2. The first-order chi connectivity index (χ1) is 12.1. The number of anilines is 1. The summed E-state index contributed by atoms with van der Waals surface area (Å²) in [5.74, 6) is 0.237. The highest BCUT2D eigenvalue weighted by Crippen LogP contribution is 2.27. The maximum Gasteiger partial charge on any atom is 0.258 e. The molecule has 2 heterocycles. The number of hydrogen-bond donors (Lipinski definition) is 2. The molecule has 1 aliphatic carbocycles. The van der Waals surface area contributed by atoms with E-state index in [0.29, 0.717) is 35.6 Å². The standard InChI is InChI=1S/C18H22N4O3/c1-22(2)8-9-25-16-6-7-19-11-14(16)21-18(24)12-10-20-13-4-3-5-15(23)17(12)13/h6-7,10-11,20H,3-5,8-9H2,1-2H3,(H,21,24). The zero-order chi connectivity index (χ0) is 17.8. The quantitative estimate of drug-likeness (QED) is 0.840. The molecule has 0 bridgehead atoms. The second-order valence-corrected chi connectivity index (χ2v) is 6.31. The van der Waals surface area contributed by atoms with Gasteiger partial charge in [0.25, 0.3) is 5.91 Å². The van der Waals surface area contributed by atoms with Crippen molar-refractivity contribution in [2.45, 2.75) is 19.3 Å². The number of hydrogen-bond acceptors (Lipinski definition) is 5. The van der Waals surface area contributed by atoms with Gasteiger partial charge in [-0.05, 0) is 26.9 Å². The normalized spacial score (nSPS) is 13.6. The summed E-state index contributed by atoms with van der Waals surface area (Å²) in [4.78, 5) is 33.9. The number of rotatable bonds is 6. The molecular formula is C18H22N4O3. The Bertz CT molecular complexity index is 782. The van der Waals surface area contributed by atoms with Crippen molar-refractivity contribution in [2.75, 3.05) is 32.6 Å². The molecule has 25 heavy (non-hydrogen) atoms. The number of H-pyrrole nitrogens is 1. The van der Waals surface area contributed by atoms with Gasteiger partial charge in [-0.3, -0.25) is 14.6 Å². The van der Waals surface area contributed by atoms with E-state index in [-0.39, 0.29) is 11.7 Å². The Labute approximate surface area is 146 Å². The summed E-state index contributed by atoms with van der Waals surface area (Å²) in [7, 11) is 3.93. The molecule has 0 radical (unpaired) electrons. The Hall–Kier alpha value is -2.67. The van der Waals surface area contributed by atoms with Crippen LogP contribution in [0.25, 0.3) is 0 Å². The fourth-order valence-corrected chi connectivity index (χ4v) is 2.84. The minimum absolute atomic E-state index is 0.0151. The van der Waals surface area contributed by atoms with Crippen molar-refractivity contribution < 1.29 is 14.3 Å². The van der Waals surface area contributed by atoms with Gasteiger partial charge in [0.05, 0.1) is 17.3 Å². The lowest BCUT2D eigenvalue weighted by Gasteiger charge is -2.15. The summed E-state index contributed by atoms with van der Waals surface area (Å²) >= 11 is 0. The molecule has 0 saturated heterocycles. The van der Waals surface area contributed by atoms with Crippen molar-refractivity contribution in [1.29, 1.82) is 0 Å². The van der Waals surface area contributed by atoms with Crippen LogP contribution in [0, 0.1) is 0 Å². The number of pyridine rings is 1. The Morgan fingerprint density at radius 2 is 2.24 bits per heavy atom. The Balaban J connectivity index is 1.76. The predicted molar refractivity (Wildman–Crippen MR) is 94.3 cm³/mol. The Morgan fingerprint density at radius 3 is 3.04 bits per heavy atom. The number of carbonyl (C=O) groups excluding carboxylic acids is 2. The number of aromatic amines is 1. The van der Waals surface area contributed by atoms with Gasteiger partial charge in [0.2, 0.25) is 0 Å². The third-order valence-electron chi connectivity index (χ3n) is 4.14. The van der Waals surface area contributed by atoms with Gasteiger partial charge in [0.1, 0.15) is 18.0 Å². The first kappa shape index (κ1) is 17.2. The molecule has 3 rings (SSSR count). The highest BCUT2D eigenvalue weighted by molar-refractivity contribution is 6.13. The zero-order valence-electron chi connectivity index (χ0n) is 14.5.